The van der Waals surface area contributed by atoms with Crippen molar-refractivity contribution in [3.05, 3.63) is 98.6 Å². The Hall–Kier alpha value is -2.63. The predicted octanol–water partition coefficient (Wildman–Crippen LogP) is 5.80. The average Bonchev–Trinajstić information content (AvgIpc) is 2.95. The number of carbonyl (C=O) groups excluding carboxylic acids is 2. The quantitative estimate of drug-likeness (QED) is 0.256. The minimum atomic E-state index is -3.80. The Labute approximate surface area is 261 Å². The topological polar surface area (TPSA) is 86.8 Å². The molecule has 4 rings (SSSR count). The molecule has 1 N–H and O–H groups in total. The minimum Gasteiger partial charge on any atom is -0.352 e. The summed E-state index contributed by atoms with van der Waals surface area (Å²) in [5.74, 6) is -0.702. The van der Waals surface area contributed by atoms with Crippen molar-refractivity contribution in [1.82, 2.24) is 10.2 Å². The van der Waals surface area contributed by atoms with E-state index in [4.69, 9.17) is 11.6 Å². The third-order valence-corrected chi connectivity index (χ3v) is 9.39. The Morgan fingerprint density at radius 3 is 2.17 bits per heavy atom. The number of anilines is 1. The number of benzene rings is 3. The molecule has 0 unspecified atom stereocenters. The van der Waals surface area contributed by atoms with Crippen LogP contribution in [0.2, 0.25) is 5.02 Å². The lowest BCUT2D eigenvalue weighted by atomic mass is 9.94. The van der Waals surface area contributed by atoms with Crippen LogP contribution in [0.5, 0.6) is 0 Å². The highest BCUT2D eigenvalue weighted by Gasteiger charge is 2.34. The lowest BCUT2D eigenvalue weighted by Crippen LogP contribution is -2.55. The zero-order valence-electron chi connectivity index (χ0n) is 23.0. The van der Waals surface area contributed by atoms with Crippen molar-refractivity contribution in [2.75, 3.05) is 17.1 Å². The smallest absolute Gasteiger partial charge is 0.244 e. The second-order valence-electron chi connectivity index (χ2n) is 10.4. The molecule has 1 aliphatic carbocycles. The zero-order chi connectivity index (χ0) is 29.4. The summed E-state index contributed by atoms with van der Waals surface area (Å²) in [6, 6.07) is 22.8. The number of rotatable bonds is 11. The second-order valence-corrected chi connectivity index (χ2v) is 14.0. The van der Waals surface area contributed by atoms with Gasteiger partial charge in [0.15, 0.2) is 0 Å². The highest BCUT2D eigenvalue weighted by atomic mass is 127. The maximum atomic E-state index is 14.2. The van der Waals surface area contributed by atoms with Crippen LogP contribution in [0, 0.1) is 3.57 Å². The van der Waals surface area contributed by atoms with Crippen LogP contribution in [0.1, 0.15) is 43.2 Å². The lowest BCUT2D eigenvalue weighted by molar-refractivity contribution is -0.140. The third-order valence-electron chi connectivity index (χ3n) is 7.28. The van der Waals surface area contributed by atoms with Gasteiger partial charge in [-0.05, 0) is 83.0 Å². The Morgan fingerprint density at radius 1 is 0.927 bits per heavy atom. The molecule has 1 saturated carbocycles. The molecule has 0 saturated heterocycles. The van der Waals surface area contributed by atoms with Gasteiger partial charge in [-0.2, -0.15) is 0 Å². The molecule has 1 atom stereocenters. The first kappa shape index (κ1) is 31.3. The molecule has 0 aromatic heterocycles. The molecule has 0 aliphatic heterocycles. The maximum absolute atomic E-state index is 14.2. The fourth-order valence-electron chi connectivity index (χ4n) is 5.11. The van der Waals surface area contributed by atoms with Gasteiger partial charge in [-0.1, -0.05) is 73.3 Å². The van der Waals surface area contributed by atoms with E-state index in [9.17, 15) is 18.0 Å². The Kier molecular flexibility index (Phi) is 11.1. The predicted molar refractivity (Wildman–Crippen MR) is 172 cm³/mol. The Bertz CT molecular complexity index is 1410. The van der Waals surface area contributed by atoms with Crippen LogP contribution in [-0.4, -0.2) is 50.0 Å². The van der Waals surface area contributed by atoms with Crippen molar-refractivity contribution in [3.63, 3.8) is 0 Å². The summed E-state index contributed by atoms with van der Waals surface area (Å²) >= 11 is 8.26. The number of carbonyl (C=O) groups is 2. The van der Waals surface area contributed by atoms with Crippen LogP contribution in [0.25, 0.3) is 0 Å². The molecule has 3 aromatic carbocycles. The van der Waals surface area contributed by atoms with E-state index in [0.29, 0.717) is 17.1 Å². The molecular weight excluding hydrogens is 673 g/mol. The van der Waals surface area contributed by atoms with E-state index in [1.807, 2.05) is 42.5 Å². The summed E-state index contributed by atoms with van der Waals surface area (Å²) in [5.41, 5.74) is 2.08. The van der Waals surface area contributed by atoms with Gasteiger partial charge in [0.05, 0.1) is 11.9 Å². The van der Waals surface area contributed by atoms with Crippen molar-refractivity contribution in [2.24, 2.45) is 0 Å². The van der Waals surface area contributed by atoms with Crippen LogP contribution in [0.15, 0.2) is 78.9 Å². The molecule has 0 spiro atoms. The van der Waals surface area contributed by atoms with E-state index in [2.05, 4.69) is 27.9 Å². The van der Waals surface area contributed by atoms with Crippen LogP contribution >= 0.6 is 34.2 Å². The van der Waals surface area contributed by atoms with Crippen LogP contribution in [0.4, 0.5) is 5.69 Å². The van der Waals surface area contributed by atoms with Gasteiger partial charge >= 0.3 is 0 Å². The van der Waals surface area contributed by atoms with Crippen LogP contribution < -0.4 is 9.62 Å². The van der Waals surface area contributed by atoms with Gasteiger partial charge in [-0.15, -0.1) is 0 Å². The van der Waals surface area contributed by atoms with Crippen molar-refractivity contribution in [2.45, 2.75) is 57.2 Å². The van der Waals surface area contributed by atoms with Gasteiger partial charge in [0.25, 0.3) is 0 Å². The van der Waals surface area contributed by atoms with Crippen molar-refractivity contribution in [3.8, 4) is 0 Å². The standard InChI is InChI=1S/C31H35ClIN3O4S/c1-41(39,40)36(28-18-16-26(33)17-19-28)22-30(37)35(21-24-12-14-25(32)15-13-24)29(20-23-8-4-2-5-9-23)31(38)34-27-10-6-3-7-11-27/h2,4-5,8-9,12-19,27,29H,3,6-7,10-11,20-22H2,1H3,(H,34,38)/t29-/m0/s1. The first-order valence-electron chi connectivity index (χ1n) is 13.7. The molecule has 41 heavy (non-hydrogen) atoms. The lowest BCUT2D eigenvalue weighted by Gasteiger charge is -2.35. The molecule has 2 amide bonds. The maximum Gasteiger partial charge on any atom is 0.244 e. The summed E-state index contributed by atoms with van der Waals surface area (Å²) in [4.78, 5) is 29.6. The number of nitrogens with one attached hydrogen (secondary N) is 1. The van der Waals surface area contributed by atoms with Gasteiger partial charge in [0.2, 0.25) is 21.8 Å². The zero-order valence-corrected chi connectivity index (χ0v) is 26.7. The number of nitrogens with zero attached hydrogens (tertiary/aromatic N) is 2. The molecule has 7 nitrogen and oxygen atoms in total. The minimum absolute atomic E-state index is 0.0568. The van der Waals surface area contributed by atoms with E-state index >= 15 is 0 Å². The van der Waals surface area contributed by atoms with E-state index in [1.165, 1.54) is 4.90 Å². The third kappa shape index (κ3) is 9.18. The molecule has 218 valence electrons. The first-order chi connectivity index (χ1) is 19.6. The number of hydrogen-bond donors (Lipinski definition) is 1. The summed E-state index contributed by atoms with van der Waals surface area (Å²) in [6.45, 7) is -0.315. The summed E-state index contributed by atoms with van der Waals surface area (Å²) < 4.78 is 27.8. The van der Waals surface area contributed by atoms with E-state index in [1.54, 1.807) is 36.4 Å². The summed E-state index contributed by atoms with van der Waals surface area (Å²) in [7, 11) is -3.80. The fourth-order valence-corrected chi connectivity index (χ4v) is 6.44. The number of sulfonamides is 1. The average molecular weight is 708 g/mol. The highest BCUT2D eigenvalue weighted by Crippen LogP contribution is 2.23. The largest absolute Gasteiger partial charge is 0.352 e. The molecule has 0 bridgehead atoms. The van der Waals surface area contributed by atoms with Crippen molar-refractivity contribution >= 4 is 61.7 Å². The normalized spacial score (nSPS) is 14.7. The van der Waals surface area contributed by atoms with Gasteiger partial charge in [0.1, 0.15) is 12.6 Å². The van der Waals surface area contributed by atoms with Gasteiger partial charge in [0, 0.05) is 27.6 Å². The van der Waals surface area contributed by atoms with Crippen LogP contribution in [-0.2, 0) is 32.6 Å². The molecule has 1 fully saturated rings. The number of amides is 2. The molecule has 0 radical (unpaired) electrons. The molecule has 3 aromatic rings. The fraction of sp³-hybridized carbons (Fsp3) is 0.355. The van der Waals surface area contributed by atoms with E-state index < -0.39 is 28.5 Å². The SMILES string of the molecule is CS(=O)(=O)N(CC(=O)N(Cc1ccc(Cl)cc1)[C@@H](Cc1ccccc1)C(=O)NC1CCCCC1)c1ccc(I)cc1. The first-order valence-corrected chi connectivity index (χ1v) is 17.0. The molecular formula is C31H35ClIN3O4S. The summed E-state index contributed by atoms with van der Waals surface area (Å²) in [5, 5.41) is 3.76. The Balaban J connectivity index is 1.71. The second kappa shape index (κ2) is 14.5. The molecule has 0 heterocycles. The number of hydrogen-bond acceptors (Lipinski definition) is 4. The van der Waals surface area contributed by atoms with Gasteiger partial charge < -0.3 is 10.2 Å². The summed E-state index contributed by atoms with van der Waals surface area (Å²) in [6.07, 6.45) is 6.45. The van der Waals surface area contributed by atoms with E-state index in [-0.39, 0.29) is 18.5 Å². The molecule has 1 aliphatic rings. The monoisotopic (exact) mass is 707 g/mol. The van der Waals surface area contributed by atoms with Gasteiger partial charge in [-0.3, -0.25) is 13.9 Å². The van der Waals surface area contributed by atoms with Crippen LogP contribution in [0.3, 0.4) is 0 Å². The van der Waals surface area contributed by atoms with Crippen molar-refractivity contribution < 1.29 is 18.0 Å². The Morgan fingerprint density at radius 2 is 1.56 bits per heavy atom. The van der Waals surface area contributed by atoms with Crippen molar-refractivity contribution in [1.29, 1.82) is 0 Å². The molecule has 10 heteroatoms. The van der Waals surface area contributed by atoms with Gasteiger partial charge in [-0.25, -0.2) is 8.42 Å². The van der Waals surface area contributed by atoms with E-state index in [0.717, 1.165) is 57.4 Å². The highest BCUT2D eigenvalue weighted by molar-refractivity contribution is 14.1. The number of halogens is 2.